The quantitative estimate of drug-likeness (QED) is 0.743. The highest BCUT2D eigenvalue weighted by Crippen LogP contribution is 2.36. The first kappa shape index (κ1) is 12.5. The van der Waals surface area contributed by atoms with Crippen LogP contribution >= 0.6 is 0 Å². The van der Waals surface area contributed by atoms with Gasteiger partial charge in [0.15, 0.2) is 0 Å². The molecule has 1 aliphatic carbocycles. The monoisotopic (exact) mass is 211 g/mol. The molecule has 1 rings (SSSR count). The van der Waals surface area contributed by atoms with Crippen molar-refractivity contribution in [3.63, 3.8) is 0 Å². The third-order valence-corrected chi connectivity index (χ3v) is 2.82. The van der Waals surface area contributed by atoms with Gasteiger partial charge in [-0.1, -0.05) is 26.2 Å². The van der Waals surface area contributed by atoms with Gasteiger partial charge < -0.3 is 5.32 Å². The third-order valence-electron chi connectivity index (χ3n) is 2.82. The SMILES string of the molecule is CCCC(CC1CC1)C(=O)NC(C)(C)C. The van der Waals surface area contributed by atoms with Crippen molar-refractivity contribution < 1.29 is 4.79 Å². The fourth-order valence-corrected chi connectivity index (χ4v) is 1.93. The largest absolute Gasteiger partial charge is 0.351 e. The molecule has 88 valence electrons. The van der Waals surface area contributed by atoms with Crippen LogP contribution in [-0.2, 0) is 4.79 Å². The molecule has 2 heteroatoms. The molecule has 1 saturated carbocycles. The van der Waals surface area contributed by atoms with Crippen LogP contribution in [0.15, 0.2) is 0 Å². The number of amides is 1. The van der Waals surface area contributed by atoms with Gasteiger partial charge in [-0.05, 0) is 39.5 Å². The van der Waals surface area contributed by atoms with Crippen molar-refractivity contribution in [3.8, 4) is 0 Å². The average molecular weight is 211 g/mol. The summed E-state index contributed by atoms with van der Waals surface area (Å²) in [7, 11) is 0. The van der Waals surface area contributed by atoms with Crippen LogP contribution in [-0.4, -0.2) is 11.4 Å². The summed E-state index contributed by atoms with van der Waals surface area (Å²) in [6.45, 7) is 8.30. The van der Waals surface area contributed by atoms with E-state index in [1.54, 1.807) is 0 Å². The highest BCUT2D eigenvalue weighted by atomic mass is 16.2. The van der Waals surface area contributed by atoms with E-state index >= 15 is 0 Å². The van der Waals surface area contributed by atoms with E-state index in [2.05, 4.69) is 12.2 Å². The lowest BCUT2D eigenvalue weighted by Crippen LogP contribution is -2.44. The molecule has 1 amide bonds. The second kappa shape index (κ2) is 5.00. The molecule has 0 aromatic carbocycles. The molecular formula is C13H25NO. The minimum Gasteiger partial charge on any atom is -0.351 e. The smallest absolute Gasteiger partial charge is 0.223 e. The standard InChI is InChI=1S/C13H25NO/c1-5-6-11(9-10-7-8-10)12(15)14-13(2,3)4/h10-11H,5-9H2,1-4H3,(H,14,15). The van der Waals surface area contributed by atoms with E-state index in [1.165, 1.54) is 12.8 Å². The summed E-state index contributed by atoms with van der Waals surface area (Å²) in [5, 5.41) is 3.10. The van der Waals surface area contributed by atoms with Crippen molar-refractivity contribution in [2.24, 2.45) is 11.8 Å². The van der Waals surface area contributed by atoms with Crippen molar-refractivity contribution in [3.05, 3.63) is 0 Å². The summed E-state index contributed by atoms with van der Waals surface area (Å²) in [5.74, 6) is 1.35. The normalized spacial score (nSPS) is 18.7. The van der Waals surface area contributed by atoms with E-state index in [9.17, 15) is 4.79 Å². The second-order valence-corrected chi connectivity index (χ2v) is 5.90. The Balaban J connectivity index is 2.42. The van der Waals surface area contributed by atoms with Crippen LogP contribution in [0.3, 0.4) is 0 Å². The molecule has 1 fully saturated rings. The van der Waals surface area contributed by atoms with Gasteiger partial charge in [0.05, 0.1) is 0 Å². The lowest BCUT2D eigenvalue weighted by atomic mass is 9.95. The topological polar surface area (TPSA) is 29.1 Å². The summed E-state index contributed by atoms with van der Waals surface area (Å²) in [6.07, 6.45) is 5.93. The third kappa shape index (κ3) is 5.19. The van der Waals surface area contributed by atoms with Crippen molar-refractivity contribution >= 4 is 5.91 Å². The molecule has 0 aromatic heterocycles. The maximum atomic E-state index is 12.0. The number of hydrogen-bond donors (Lipinski definition) is 1. The van der Waals surface area contributed by atoms with Gasteiger partial charge >= 0.3 is 0 Å². The van der Waals surface area contributed by atoms with Crippen LogP contribution in [0, 0.1) is 11.8 Å². The van der Waals surface area contributed by atoms with Gasteiger partial charge in [0, 0.05) is 11.5 Å². The van der Waals surface area contributed by atoms with Crippen molar-refractivity contribution in [1.29, 1.82) is 0 Å². The summed E-state index contributed by atoms with van der Waals surface area (Å²) in [6, 6.07) is 0. The molecule has 0 saturated heterocycles. The Morgan fingerprint density at radius 3 is 2.40 bits per heavy atom. The van der Waals surface area contributed by atoms with E-state index in [0.717, 1.165) is 25.2 Å². The first-order valence-electron chi connectivity index (χ1n) is 6.24. The van der Waals surface area contributed by atoms with Crippen LogP contribution in [0.25, 0.3) is 0 Å². The van der Waals surface area contributed by atoms with E-state index in [1.807, 2.05) is 20.8 Å². The Bertz CT molecular complexity index is 213. The predicted octanol–water partition coefficient (Wildman–Crippen LogP) is 3.12. The lowest BCUT2D eigenvalue weighted by molar-refractivity contribution is -0.127. The molecule has 0 radical (unpaired) electrons. The van der Waals surface area contributed by atoms with Crippen LogP contribution < -0.4 is 5.32 Å². The Labute approximate surface area is 93.8 Å². The zero-order valence-electron chi connectivity index (χ0n) is 10.6. The molecule has 0 aromatic rings. The summed E-state index contributed by atoms with van der Waals surface area (Å²) < 4.78 is 0. The molecule has 0 aliphatic heterocycles. The highest BCUT2D eigenvalue weighted by molar-refractivity contribution is 5.79. The first-order valence-corrected chi connectivity index (χ1v) is 6.24. The molecule has 2 nitrogen and oxygen atoms in total. The number of carbonyl (C=O) groups excluding carboxylic acids is 1. The molecule has 0 bridgehead atoms. The maximum absolute atomic E-state index is 12.0. The number of hydrogen-bond acceptors (Lipinski definition) is 1. The van der Waals surface area contributed by atoms with Gasteiger partial charge in [-0.15, -0.1) is 0 Å². The average Bonchev–Trinajstić information content (AvgIpc) is 2.84. The van der Waals surface area contributed by atoms with E-state index in [4.69, 9.17) is 0 Å². The lowest BCUT2D eigenvalue weighted by Gasteiger charge is -2.24. The molecule has 1 aliphatic rings. The van der Waals surface area contributed by atoms with Gasteiger partial charge in [0.2, 0.25) is 5.91 Å². The number of nitrogens with one attached hydrogen (secondary N) is 1. The second-order valence-electron chi connectivity index (χ2n) is 5.90. The number of carbonyl (C=O) groups is 1. The zero-order chi connectivity index (χ0) is 11.5. The van der Waals surface area contributed by atoms with E-state index in [0.29, 0.717) is 0 Å². The van der Waals surface area contributed by atoms with Gasteiger partial charge in [0.1, 0.15) is 0 Å². The van der Waals surface area contributed by atoms with Crippen LogP contribution in [0.2, 0.25) is 0 Å². The Morgan fingerprint density at radius 1 is 1.40 bits per heavy atom. The molecule has 0 heterocycles. The van der Waals surface area contributed by atoms with Crippen molar-refractivity contribution in [2.45, 2.75) is 65.3 Å². The molecule has 1 N–H and O–H groups in total. The predicted molar refractivity (Wildman–Crippen MR) is 63.6 cm³/mol. The summed E-state index contributed by atoms with van der Waals surface area (Å²) in [5.41, 5.74) is -0.0906. The van der Waals surface area contributed by atoms with Crippen LogP contribution in [0.1, 0.15) is 59.8 Å². The summed E-state index contributed by atoms with van der Waals surface area (Å²) >= 11 is 0. The number of rotatable bonds is 5. The first-order chi connectivity index (χ1) is 6.92. The molecular weight excluding hydrogens is 186 g/mol. The van der Waals surface area contributed by atoms with Gasteiger partial charge in [0.25, 0.3) is 0 Å². The molecule has 1 unspecified atom stereocenters. The van der Waals surface area contributed by atoms with Crippen molar-refractivity contribution in [2.75, 3.05) is 0 Å². The van der Waals surface area contributed by atoms with E-state index in [-0.39, 0.29) is 17.4 Å². The Kier molecular flexibility index (Phi) is 4.18. The van der Waals surface area contributed by atoms with Crippen molar-refractivity contribution in [1.82, 2.24) is 5.32 Å². The Morgan fingerprint density at radius 2 is 2.00 bits per heavy atom. The van der Waals surface area contributed by atoms with E-state index < -0.39 is 0 Å². The molecule has 1 atom stereocenters. The maximum Gasteiger partial charge on any atom is 0.223 e. The highest BCUT2D eigenvalue weighted by Gasteiger charge is 2.29. The Hall–Kier alpha value is -0.530. The summed E-state index contributed by atoms with van der Waals surface area (Å²) in [4.78, 5) is 12.0. The fourth-order valence-electron chi connectivity index (χ4n) is 1.93. The zero-order valence-corrected chi connectivity index (χ0v) is 10.6. The fraction of sp³-hybridized carbons (Fsp3) is 0.923. The minimum atomic E-state index is -0.0906. The van der Waals surface area contributed by atoms with Crippen LogP contribution in [0.4, 0.5) is 0 Å². The van der Waals surface area contributed by atoms with Gasteiger partial charge in [-0.25, -0.2) is 0 Å². The molecule has 0 spiro atoms. The van der Waals surface area contributed by atoms with Gasteiger partial charge in [-0.2, -0.15) is 0 Å². The van der Waals surface area contributed by atoms with Crippen LogP contribution in [0.5, 0.6) is 0 Å². The van der Waals surface area contributed by atoms with Gasteiger partial charge in [-0.3, -0.25) is 4.79 Å². The minimum absolute atomic E-state index is 0.0906. The molecule has 15 heavy (non-hydrogen) atoms.